The van der Waals surface area contributed by atoms with Gasteiger partial charge in [0.2, 0.25) is 0 Å². The molecule has 1 heterocycles. The quantitative estimate of drug-likeness (QED) is 0.614. The molecular formula is C24H33N3OS. The second-order valence-corrected chi connectivity index (χ2v) is 10.7. The maximum Gasteiger partial charge on any atom is 0.323 e. The fourth-order valence-electron chi connectivity index (χ4n) is 5.64. The van der Waals surface area contributed by atoms with Crippen LogP contribution in [0.3, 0.4) is 0 Å². The first-order valence-electron chi connectivity index (χ1n) is 11.3. The maximum atomic E-state index is 13.6. The number of hydrogen-bond acceptors (Lipinski definition) is 3. The molecule has 0 aromatic heterocycles. The normalized spacial score (nSPS) is 27.0. The van der Waals surface area contributed by atoms with Crippen molar-refractivity contribution in [3.05, 3.63) is 29.3 Å². The topological polar surface area (TPSA) is 56.1 Å². The van der Waals surface area contributed by atoms with Crippen LogP contribution in [0.5, 0.6) is 0 Å². The number of thioether (sulfide) groups is 1. The number of urea groups is 1. The van der Waals surface area contributed by atoms with Crippen LogP contribution in [-0.2, 0) is 0 Å². The van der Waals surface area contributed by atoms with Gasteiger partial charge in [-0.15, -0.1) is 11.8 Å². The van der Waals surface area contributed by atoms with E-state index in [9.17, 15) is 10.1 Å². The number of nitrogens with one attached hydrogen (secondary N) is 1. The lowest BCUT2D eigenvalue weighted by Gasteiger charge is -2.36. The minimum absolute atomic E-state index is 0.0762. The Morgan fingerprint density at radius 3 is 2.34 bits per heavy atom. The van der Waals surface area contributed by atoms with Crippen LogP contribution >= 0.6 is 11.8 Å². The molecule has 1 spiro atoms. The first-order valence-corrected chi connectivity index (χ1v) is 12.2. The molecule has 29 heavy (non-hydrogen) atoms. The summed E-state index contributed by atoms with van der Waals surface area (Å²) in [5.41, 5.74) is 3.03. The van der Waals surface area contributed by atoms with E-state index in [1.165, 1.54) is 51.4 Å². The van der Waals surface area contributed by atoms with Crippen LogP contribution in [0.2, 0.25) is 0 Å². The summed E-state index contributed by atoms with van der Waals surface area (Å²) in [6.07, 6.45) is 11.9. The summed E-state index contributed by atoms with van der Waals surface area (Å²) in [5.74, 6) is 0.509. The molecule has 2 saturated carbocycles. The monoisotopic (exact) mass is 411 g/mol. The third-order valence-corrected chi connectivity index (χ3v) is 9.18. The number of rotatable bonds is 2. The van der Waals surface area contributed by atoms with Crippen molar-refractivity contribution in [2.24, 2.45) is 5.92 Å². The second kappa shape index (κ2) is 8.60. The Bertz CT molecular complexity index is 770. The first-order chi connectivity index (χ1) is 14.1. The highest BCUT2D eigenvalue weighted by atomic mass is 32.2. The number of anilines is 1. The highest BCUT2D eigenvalue weighted by Crippen LogP contribution is 2.55. The standard InChI is InChI=1S/C24H33N3OS/c1-17-10-9-11-18(2)21(17)26-23(28)27-20(16-25)24(14-7-4-8-15-24)29-22(27)19-12-5-3-6-13-19/h9-11,19-20,22H,3-8,12-15H2,1-2H3,(H,26,28). The number of nitriles is 1. The fraction of sp³-hybridized carbons (Fsp3) is 0.667. The molecule has 2 aliphatic carbocycles. The molecule has 0 radical (unpaired) electrons. The zero-order valence-corrected chi connectivity index (χ0v) is 18.6. The fourth-order valence-corrected chi connectivity index (χ4v) is 7.74. The van der Waals surface area contributed by atoms with Gasteiger partial charge in [0.1, 0.15) is 6.04 Å². The molecule has 1 aromatic carbocycles. The average molecular weight is 412 g/mol. The minimum Gasteiger partial charge on any atom is -0.307 e. The lowest BCUT2D eigenvalue weighted by Crippen LogP contribution is -2.50. The van der Waals surface area contributed by atoms with E-state index in [1.54, 1.807) is 0 Å². The van der Waals surface area contributed by atoms with Crippen molar-refractivity contribution in [2.75, 3.05) is 5.32 Å². The molecule has 1 N–H and O–H groups in total. The molecule has 2 unspecified atom stereocenters. The van der Waals surface area contributed by atoms with Crippen molar-refractivity contribution in [1.82, 2.24) is 4.90 Å². The van der Waals surface area contributed by atoms with Gasteiger partial charge in [-0.2, -0.15) is 5.26 Å². The Kier molecular flexibility index (Phi) is 6.11. The summed E-state index contributed by atoms with van der Waals surface area (Å²) >= 11 is 1.97. The zero-order chi connectivity index (χ0) is 20.4. The number of amides is 2. The number of aryl methyl sites for hydroxylation is 2. The molecule has 3 aliphatic rings. The van der Waals surface area contributed by atoms with Crippen LogP contribution < -0.4 is 5.32 Å². The maximum absolute atomic E-state index is 13.6. The number of nitrogens with zero attached hydrogens (tertiary/aromatic N) is 2. The van der Waals surface area contributed by atoms with Gasteiger partial charge < -0.3 is 5.32 Å². The van der Waals surface area contributed by atoms with Crippen LogP contribution in [0.15, 0.2) is 18.2 Å². The van der Waals surface area contributed by atoms with Crippen molar-refractivity contribution in [1.29, 1.82) is 5.26 Å². The summed E-state index contributed by atoms with van der Waals surface area (Å²) in [6, 6.07) is 8.25. The van der Waals surface area contributed by atoms with Crippen LogP contribution in [0.4, 0.5) is 10.5 Å². The van der Waals surface area contributed by atoms with Crippen LogP contribution in [0.25, 0.3) is 0 Å². The molecule has 1 aromatic rings. The van der Waals surface area contributed by atoms with E-state index >= 15 is 0 Å². The Morgan fingerprint density at radius 1 is 1.10 bits per heavy atom. The summed E-state index contributed by atoms with van der Waals surface area (Å²) in [5, 5.41) is 13.5. The second-order valence-electron chi connectivity index (χ2n) is 9.17. The van der Waals surface area contributed by atoms with Gasteiger partial charge >= 0.3 is 6.03 Å². The summed E-state index contributed by atoms with van der Waals surface area (Å²) in [7, 11) is 0. The Morgan fingerprint density at radius 2 is 1.72 bits per heavy atom. The van der Waals surface area contributed by atoms with Crippen molar-refractivity contribution in [3.8, 4) is 6.07 Å². The van der Waals surface area contributed by atoms with E-state index in [1.807, 2.05) is 48.7 Å². The Hall–Kier alpha value is -1.67. The molecular weight excluding hydrogens is 378 g/mol. The SMILES string of the molecule is Cc1cccc(C)c1NC(=O)N1C(C2CCCCC2)SC2(CCCCC2)C1C#N. The van der Waals surface area contributed by atoms with E-state index in [4.69, 9.17) is 0 Å². The molecule has 1 saturated heterocycles. The summed E-state index contributed by atoms with van der Waals surface area (Å²) in [6.45, 7) is 4.06. The van der Waals surface area contributed by atoms with E-state index in [0.717, 1.165) is 29.7 Å². The molecule has 3 fully saturated rings. The van der Waals surface area contributed by atoms with E-state index in [-0.39, 0.29) is 22.2 Å². The number of carbonyl (C=O) groups is 1. The molecule has 5 heteroatoms. The predicted molar refractivity (Wildman–Crippen MR) is 120 cm³/mol. The lowest BCUT2D eigenvalue weighted by molar-refractivity contribution is 0.158. The number of hydrogen-bond donors (Lipinski definition) is 1. The van der Waals surface area contributed by atoms with Gasteiger partial charge in [-0.05, 0) is 56.6 Å². The highest BCUT2D eigenvalue weighted by molar-refractivity contribution is 8.01. The van der Waals surface area contributed by atoms with Gasteiger partial charge in [-0.25, -0.2) is 4.79 Å². The Balaban J connectivity index is 1.66. The van der Waals surface area contributed by atoms with Crippen LogP contribution in [-0.4, -0.2) is 27.1 Å². The van der Waals surface area contributed by atoms with Gasteiger partial charge in [-0.3, -0.25) is 4.90 Å². The lowest BCUT2D eigenvalue weighted by atomic mass is 9.82. The molecule has 0 bridgehead atoms. The molecule has 1 aliphatic heterocycles. The number of para-hydroxylation sites is 1. The number of benzene rings is 1. The van der Waals surface area contributed by atoms with Crippen molar-refractivity contribution in [2.45, 2.75) is 94.2 Å². The predicted octanol–water partition coefficient (Wildman–Crippen LogP) is 6.39. The van der Waals surface area contributed by atoms with Gasteiger partial charge in [0, 0.05) is 5.69 Å². The molecule has 2 atom stereocenters. The van der Waals surface area contributed by atoms with Gasteiger partial charge in [-0.1, -0.05) is 56.7 Å². The number of carbonyl (C=O) groups excluding carboxylic acids is 1. The van der Waals surface area contributed by atoms with Crippen LogP contribution in [0.1, 0.15) is 75.3 Å². The van der Waals surface area contributed by atoms with Gasteiger partial charge in [0.25, 0.3) is 0 Å². The molecule has 4 nitrogen and oxygen atoms in total. The first kappa shape index (κ1) is 20.6. The van der Waals surface area contributed by atoms with Gasteiger partial charge in [0.05, 0.1) is 16.2 Å². The van der Waals surface area contributed by atoms with Crippen molar-refractivity contribution in [3.63, 3.8) is 0 Å². The van der Waals surface area contributed by atoms with E-state index < -0.39 is 0 Å². The molecule has 156 valence electrons. The van der Waals surface area contributed by atoms with Crippen LogP contribution in [0, 0.1) is 31.1 Å². The van der Waals surface area contributed by atoms with Crippen molar-refractivity contribution < 1.29 is 4.79 Å². The largest absolute Gasteiger partial charge is 0.323 e. The van der Waals surface area contributed by atoms with Crippen molar-refractivity contribution >= 4 is 23.5 Å². The average Bonchev–Trinajstić information content (AvgIpc) is 3.05. The third-order valence-electron chi connectivity index (χ3n) is 7.23. The third kappa shape index (κ3) is 3.89. The summed E-state index contributed by atoms with van der Waals surface area (Å²) in [4.78, 5) is 15.6. The van der Waals surface area contributed by atoms with Gasteiger partial charge in [0.15, 0.2) is 0 Å². The van der Waals surface area contributed by atoms with E-state index in [0.29, 0.717) is 5.92 Å². The van der Waals surface area contributed by atoms with E-state index in [2.05, 4.69) is 11.4 Å². The summed E-state index contributed by atoms with van der Waals surface area (Å²) < 4.78 is -0.0762. The minimum atomic E-state index is -0.330. The smallest absolute Gasteiger partial charge is 0.307 e. The molecule has 2 amide bonds. The molecule has 4 rings (SSSR count). The zero-order valence-electron chi connectivity index (χ0n) is 17.7. The highest BCUT2D eigenvalue weighted by Gasteiger charge is 2.56. The Labute approximate surface area is 179 Å².